The minimum absolute atomic E-state index is 0.0781. The number of hydrogen-bond acceptors (Lipinski definition) is 2. The van der Waals surface area contributed by atoms with Gasteiger partial charge in [-0.1, -0.05) is 30.7 Å². The molecular weight excluding hydrogens is 336 g/mol. The Hall–Kier alpha value is -2.14. The summed E-state index contributed by atoms with van der Waals surface area (Å²) in [6.07, 6.45) is -0.212. The molecule has 128 valence electrons. The van der Waals surface area contributed by atoms with Crippen LogP contribution in [0.5, 0.6) is 5.75 Å². The van der Waals surface area contributed by atoms with Crippen molar-refractivity contribution in [1.29, 1.82) is 0 Å². The summed E-state index contributed by atoms with van der Waals surface area (Å²) in [4.78, 5) is 13.5. The lowest BCUT2D eigenvalue weighted by Gasteiger charge is -2.21. The smallest absolute Gasteiger partial charge is 0.263 e. The summed E-state index contributed by atoms with van der Waals surface area (Å²) in [5, 5.41) is 0.304. The van der Waals surface area contributed by atoms with Crippen LogP contribution in [0.4, 0.5) is 8.78 Å². The number of halogens is 3. The predicted molar refractivity (Wildman–Crippen MR) is 90.2 cm³/mol. The predicted octanol–water partition coefficient (Wildman–Crippen LogP) is 4.53. The molecule has 0 saturated carbocycles. The minimum Gasteiger partial charge on any atom is -0.481 e. The fourth-order valence-corrected chi connectivity index (χ4v) is 2.50. The van der Waals surface area contributed by atoms with Crippen LogP contribution in [-0.4, -0.2) is 31.0 Å². The summed E-state index contributed by atoms with van der Waals surface area (Å²) in [7, 11) is 3.28. The van der Waals surface area contributed by atoms with Crippen LogP contribution in [0.1, 0.15) is 13.3 Å². The normalized spacial score (nSPS) is 11.9. The van der Waals surface area contributed by atoms with Crippen molar-refractivity contribution in [1.82, 2.24) is 4.90 Å². The van der Waals surface area contributed by atoms with Crippen molar-refractivity contribution in [2.24, 2.45) is 0 Å². The van der Waals surface area contributed by atoms with Crippen LogP contribution in [0.25, 0.3) is 11.1 Å². The second-order valence-corrected chi connectivity index (χ2v) is 5.96. The standard InChI is InChI=1S/C18H18ClF2NO2/c1-4-16(18(23)22(2)3)24-13-9-11(8-12(19)10-13)14-6-5-7-15(20)17(14)21/h5-10,16H,4H2,1-3H3. The molecule has 0 bridgehead atoms. The van der Waals surface area contributed by atoms with E-state index in [0.717, 1.165) is 6.07 Å². The van der Waals surface area contributed by atoms with E-state index in [-0.39, 0.29) is 11.5 Å². The van der Waals surface area contributed by atoms with Crippen molar-refractivity contribution in [3.8, 4) is 16.9 Å². The molecule has 2 aromatic carbocycles. The number of likely N-dealkylation sites (N-methyl/N-ethyl adjacent to an activating group) is 1. The highest BCUT2D eigenvalue weighted by Gasteiger charge is 2.21. The number of rotatable bonds is 5. The maximum atomic E-state index is 14.0. The topological polar surface area (TPSA) is 29.5 Å². The van der Waals surface area contributed by atoms with Gasteiger partial charge in [0.15, 0.2) is 17.7 Å². The maximum Gasteiger partial charge on any atom is 0.263 e. The zero-order valence-corrected chi connectivity index (χ0v) is 14.4. The van der Waals surface area contributed by atoms with Crippen molar-refractivity contribution in [2.45, 2.75) is 19.4 Å². The Morgan fingerprint density at radius 2 is 1.96 bits per heavy atom. The largest absolute Gasteiger partial charge is 0.481 e. The molecule has 0 fully saturated rings. The van der Waals surface area contributed by atoms with Gasteiger partial charge in [-0.2, -0.15) is 0 Å². The van der Waals surface area contributed by atoms with Gasteiger partial charge >= 0.3 is 0 Å². The molecule has 0 aliphatic carbocycles. The van der Waals surface area contributed by atoms with Gasteiger partial charge in [0, 0.05) is 24.7 Å². The fourth-order valence-electron chi connectivity index (χ4n) is 2.27. The van der Waals surface area contributed by atoms with Gasteiger partial charge < -0.3 is 9.64 Å². The maximum absolute atomic E-state index is 14.0. The van der Waals surface area contributed by atoms with E-state index in [1.165, 1.54) is 35.2 Å². The Bertz CT molecular complexity index is 750. The summed E-state index contributed by atoms with van der Waals surface area (Å²) in [6.45, 7) is 1.82. The van der Waals surface area contributed by atoms with Crippen LogP contribution < -0.4 is 4.74 Å². The van der Waals surface area contributed by atoms with E-state index in [1.807, 2.05) is 6.92 Å². The summed E-state index contributed by atoms with van der Waals surface area (Å²) in [5.41, 5.74) is 0.455. The number of hydrogen-bond donors (Lipinski definition) is 0. The lowest BCUT2D eigenvalue weighted by atomic mass is 10.0. The SMILES string of the molecule is CCC(Oc1cc(Cl)cc(-c2cccc(F)c2F)c1)C(=O)N(C)C. The molecule has 0 aromatic heterocycles. The molecule has 1 unspecified atom stereocenters. The van der Waals surface area contributed by atoms with Crippen LogP contribution in [0.15, 0.2) is 36.4 Å². The van der Waals surface area contributed by atoms with Gasteiger partial charge in [0.25, 0.3) is 5.91 Å². The van der Waals surface area contributed by atoms with Crippen LogP contribution in [0.2, 0.25) is 5.02 Å². The van der Waals surface area contributed by atoms with Crippen molar-refractivity contribution in [3.05, 3.63) is 53.1 Å². The van der Waals surface area contributed by atoms with Crippen LogP contribution in [-0.2, 0) is 4.79 Å². The molecule has 0 N–H and O–H groups in total. The van der Waals surface area contributed by atoms with E-state index in [9.17, 15) is 13.6 Å². The molecule has 3 nitrogen and oxygen atoms in total. The Balaban J connectivity index is 2.38. The first-order valence-electron chi connectivity index (χ1n) is 7.46. The van der Waals surface area contributed by atoms with Gasteiger partial charge in [-0.05, 0) is 36.2 Å². The first kappa shape index (κ1) is 18.2. The molecule has 2 rings (SSSR count). The quantitative estimate of drug-likeness (QED) is 0.790. The molecule has 1 atom stereocenters. The van der Waals surface area contributed by atoms with Gasteiger partial charge in [0.2, 0.25) is 0 Å². The molecule has 6 heteroatoms. The van der Waals surface area contributed by atoms with Gasteiger partial charge in [0.05, 0.1) is 0 Å². The van der Waals surface area contributed by atoms with E-state index >= 15 is 0 Å². The van der Waals surface area contributed by atoms with Crippen molar-refractivity contribution < 1.29 is 18.3 Å². The van der Waals surface area contributed by atoms with E-state index in [4.69, 9.17) is 16.3 Å². The van der Waals surface area contributed by atoms with Gasteiger partial charge in [-0.25, -0.2) is 8.78 Å². The van der Waals surface area contributed by atoms with Crippen LogP contribution >= 0.6 is 11.6 Å². The average Bonchev–Trinajstić information content (AvgIpc) is 2.53. The molecule has 1 amide bonds. The zero-order valence-electron chi connectivity index (χ0n) is 13.6. The monoisotopic (exact) mass is 353 g/mol. The number of nitrogens with zero attached hydrogens (tertiary/aromatic N) is 1. The van der Waals surface area contributed by atoms with E-state index in [1.54, 1.807) is 14.1 Å². The molecule has 0 aliphatic rings. The fraction of sp³-hybridized carbons (Fsp3) is 0.278. The summed E-state index contributed by atoms with van der Waals surface area (Å²) < 4.78 is 33.1. The first-order chi connectivity index (χ1) is 11.3. The number of benzene rings is 2. The molecule has 2 aromatic rings. The first-order valence-corrected chi connectivity index (χ1v) is 7.84. The summed E-state index contributed by atoms with van der Waals surface area (Å²) in [5.74, 6) is -1.76. The molecular formula is C18H18ClF2NO2. The third-order valence-electron chi connectivity index (χ3n) is 3.50. The van der Waals surface area contributed by atoms with Gasteiger partial charge in [-0.3, -0.25) is 4.79 Å². The minimum atomic E-state index is -0.956. The van der Waals surface area contributed by atoms with Gasteiger partial charge in [-0.15, -0.1) is 0 Å². The second kappa shape index (κ2) is 7.62. The van der Waals surface area contributed by atoms with E-state index in [0.29, 0.717) is 22.8 Å². The highest BCUT2D eigenvalue weighted by molar-refractivity contribution is 6.31. The summed E-state index contributed by atoms with van der Waals surface area (Å²) in [6, 6.07) is 8.50. The van der Waals surface area contributed by atoms with Crippen molar-refractivity contribution >= 4 is 17.5 Å². The molecule has 0 radical (unpaired) electrons. The number of carbonyl (C=O) groups excluding carboxylic acids is 1. The lowest BCUT2D eigenvalue weighted by molar-refractivity contribution is -0.136. The number of carbonyl (C=O) groups is 1. The lowest BCUT2D eigenvalue weighted by Crippen LogP contribution is -2.37. The Labute approximate surface area is 144 Å². The third kappa shape index (κ3) is 4.03. The van der Waals surface area contributed by atoms with Crippen molar-refractivity contribution in [3.63, 3.8) is 0 Å². The second-order valence-electron chi connectivity index (χ2n) is 5.52. The van der Waals surface area contributed by atoms with Crippen LogP contribution in [0, 0.1) is 11.6 Å². The van der Waals surface area contributed by atoms with E-state index in [2.05, 4.69) is 0 Å². The molecule has 0 spiro atoms. The third-order valence-corrected chi connectivity index (χ3v) is 3.72. The molecule has 24 heavy (non-hydrogen) atoms. The molecule has 0 aliphatic heterocycles. The van der Waals surface area contributed by atoms with E-state index < -0.39 is 17.7 Å². The van der Waals surface area contributed by atoms with Crippen molar-refractivity contribution in [2.75, 3.05) is 14.1 Å². The van der Waals surface area contributed by atoms with Crippen LogP contribution in [0.3, 0.4) is 0 Å². The average molecular weight is 354 g/mol. The Morgan fingerprint density at radius 1 is 1.25 bits per heavy atom. The van der Waals surface area contributed by atoms with Gasteiger partial charge in [0.1, 0.15) is 5.75 Å². The highest BCUT2D eigenvalue weighted by atomic mass is 35.5. The number of ether oxygens (including phenoxy) is 1. The number of amides is 1. The molecule has 0 saturated heterocycles. The highest BCUT2D eigenvalue weighted by Crippen LogP contribution is 2.31. The Kier molecular flexibility index (Phi) is 5.78. The summed E-state index contributed by atoms with van der Waals surface area (Å²) >= 11 is 6.07. The Morgan fingerprint density at radius 3 is 2.58 bits per heavy atom. The molecule has 0 heterocycles. The zero-order chi connectivity index (χ0) is 17.9.